The number of rotatable bonds is 5. The zero-order valence-electron chi connectivity index (χ0n) is 13.8. The van der Waals surface area contributed by atoms with Gasteiger partial charge in [-0.2, -0.15) is 13.2 Å². The van der Waals surface area contributed by atoms with E-state index in [9.17, 15) is 18.0 Å². The van der Waals surface area contributed by atoms with E-state index in [2.05, 4.69) is 15.5 Å². The molecule has 0 aliphatic carbocycles. The van der Waals surface area contributed by atoms with Gasteiger partial charge >= 0.3 is 6.18 Å². The zero-order valence-corrected chi connectivity index (χ0v) is 16.1. The van der Waals surface area contributed by atoms with Gasteiger partial charge in [0.15, 0.2) is 0 Å². The number of benzene rings is 2. The van der Waals surface area contributed by atoms with Gasteiger partial charge in [0.25, 0.3) is 5.22 Å². The molecule has 0 radical (unpaired) electrons. The van der Waals surface area contributed by atoms with Gasteiger partial charge in [-0.05, 0) is 42.5 Å². The Labute approximate surface area is 171 Å². The second-order valence-corrected chi connectivity index (χ2v) is 7.18. The molecule has 1 N–H and O–H groups in total. The average molecular weight is 448 g/mol. The molecule has 5 nitrogen and oxygen atoms in total. The smallest absolute Gasteiger partial charge is 0.411 e. The van der Waals surface area contributed by atoms with Crippen LogP contribution in [-0.2, 0) is 11.0 Å². The first-order valence-electron chi connectivity index (χ1n) is 7.61. The Morgan fingerprint density at radius 2 is 1.82 bits per heavy atom. The molecule has 3 rings (SSSR count). The molecule has 1 heterocycles. The molecular weight excluding hydrogens is 438 g/mol. The van der Waals surface area contributed by atoms with Crippen LogP contribution in [0.15, 0.2) is 52.1 Å². The van der Waals surface area contributed by atoms with Crippen molar-refractivity contribution in [3.8, 4) is 11.5 Å². The molecule has 0 saturated heterocycles. The Morgan fingerprint density at radius 3 is 2.50 bits per heavy atom. The Morgan fingerprint density at radius 1 is 1.11 bits per heavy atom. The van der Waals surface area contributed by atoms with E-state index in [1.807, 2.05) is 0 Å². The highest BCUT2D eigenvalue weighted by Crippen LogP contribution is 2.36. The van der Waals surface area contributed by atoms with Gasteiger partial charge in [-0.3, -0.25) is 4.79 Å². The molecular formula is C17H10Cl2F3N3O2S. The monoisotopic (exact) mass is 447 g/mol. The van der Waals surface area contributed by atoms with Crippen LogP contribution in [0.5, 0.6) is 0 Å². The molecule has 0 aliphatic heterocycles. The molecule has 0 aliphatic rings. The van der Waals surface area contributed by atoms with E-state index in [4.69, 9.17) is 27.6 Å². The van der Waals surface area contributed by atoms with E-state index < -0.39 is 22.7 Å². The lowest BCUT2D eigenvalue weighted by Crippen LogP contribution is -2.15. The minimum Gasteiger partial charge on any atom is -0.411 e. The van der Waals surface area contributed by atoms with E-state index >= 15 is 0 Å². The number of thioether (sulfide) groups is 1. The van der Waals surface area contributed by atoms with Crippen LogP contribution >= 0.6 is 35.0 Å². The van der Waals surface area contributed by atoms with Crippen molar-refractivity contribution in [3.63, 3.8) is 0 Å². The van der Waals surface area contributed by atoms with Crippen LogP contribution in [0, 0.1) is 0 Å². The molecule has 0 unspecified atom stereocenters. The van der Waals surface area contributed by atoms with E-state index in [1.54, 1.807) is 24.3 Å². The number of carbonyl (C=O) groups excluding carboxylic acids is 1. The number of anilines is 1. The third kappa shape index (κ3) is 5.18. The van der Waals surface area contributed by atoms with Crippen molar-refractivity contribution in [1.29, 1.82) is 0 Å². The number of halogens is 5. The maximum atomic E-state index is 12.9. The largest absolute Gasteiger partial charge is 0.417 e. The van der Waals surface area contributed by atoms with E-state index in [-0.39, 0.29) is 22.6 Å². The number of alkyl halides is 3. The number of hydrogen-bond donors (Lipinski definition) is 1. The van der Waals surface area contributed by atoms with Gasteiger partial charge in [0.05, 0.1) is 16.3 Å². The highest BCUT2D eigenvalue weighted by Gasteiger charge is 2.33. The minimum atomic E-state index is -4.62. The summed E-state index contributed by atoms with van der Waals surface area (Å²) in [6.45, 7) is 0. The Hall–Kier alpha value is -2.23. The third-order valence-electron chi connectivity index (χ3n) is 3.38. The molecule has 0 bridgehead atoms. The Balaban J connectivity index is 1.60. The molecule has 11 heteroatoms. The van der Waals surface area contributed by atoms with Gasteiger partial charge in [0.1, 0.15) is 0 Å². The SMILES string of the molecule is O=C(CSc1nnc(-c2ccc(Cl)cc2)o1)Nc1ccc(Cl)c(C(F)(F)F)c1. The first-order valence-corrected chi connectivity index (χ1v) is 9.35. The highest BCUT2D eigenvalue weighted by molar-refractivity contribution is 7.99. The first kappa shape index (κ1) is 20.5. The lowest BCUT2D eigenvalue weighted by atomic mass is 10.2. The van der Waals surface area contributed by atoms with Crippen LogP contribution in [-0.4, -0.2) is 21.9 Å². The Kier molecular flexibility index (Phi) is 6.17. The molecule has 146 valence electrons. The highest BCUT2D eigenvalue weighted by atomic mass is 35.5. The number of amides is 1. The summed E-state index contributed by atoms with van der Waals surface area (Å²) in [5, 5.41) is 10.3. The van der Waals surface area contributed by atoms with E-state index in [0.717, 1.165) is 23.9 Å². The average Bonchev–Trinajstić information content (AvgIpc) is 3.10. The summed E-state index contributed by atoms with van der Waals surface area (Å²) >= 11 is 12.3. The number of aromatic nitrogens is 2. The van der Waals surface area contributed by atoms with Crippen LogP contribution in [0.4, 0.5) is 18.9 Å². The van der Waals surface area contributed by atoms with Gasteiger partial charge in [0.2, 0.25) is 11.8 Å². The summed E-state index contributed by atoms with van der Waals surface area (Å²) in [6, 6.07) is 9.88. The lowest BCUT2D eigenvalue weighted by molar-refractivity contribution is -0.137. The van der Waals surface area contributed by atoms with Crippen LogP contribution < -0.4 is 5.32 Å². The summed E-state index contributed by atoms with van der Waals surface area (Å²) < 4.78 is 44.0. The van der Waals surface area contributed by atoms with Gasteiger partial charge in [0, 0.05) is 16.3 Å². The van der Waals surface area contributed by atoms with Crippen molar-refractivity contribution in [3.05, 3.63) is 58.1 Å². The molecule has 0 fully saturated rings. The maximum absolute atomic E-state index is 12.9. The summed E-state index contributed by atoms with van der Waals surface area (Å²) in [5.74, 6) is -0.412. The number of nitrogens with zero attached hydrogens (tertiary/aromatic N) is 2. The van der Waals surface area contributed by atoms with Gasteiger partial charge < -0.3 is 9.73 Å². The third-order valence-corrected chi connectivity index (χ3v) is 4.78. The van der Waals surface area contributed by atoms with Crippen molar-refractivity contribution in [2.75, 3.05) is 11.1 Å². The fourth-order valence-electron chi connectivity index (χ4n) is 2.12. The molecule has 3 aromatic rings. The van der Waals surface area contributed by atoms with Crippen molar-refractivity contribution < 1.29 is 22.4 Å². The number of hydrogen-bond acceptors (Lipinski definition) is 5. The molecule has 1 aromatic heterocycles. The van der Waals surface area contributed by atoms with E-state index in [1.165, 1.54) is 6.07 Å². The normalized spacial score (nSPS) is 11.5. The van der Waals surface area contributed by atoms with Crippen LogP contribution in [0.1, 0.15) is 5.56 Å². The molecule has 2 aromatic carbocycles. The van der Waals surface area contributed by atoms with E-state index in [0.29, 0.717) is 10.6 Å². The van der Waals surface area contributed by atoms with Crippen molar-refractivity contribution in [2.45, 2.75) is 11.4 Å². The molecule has 1 amide bonds. The quantitative estimate of drug-likeness (QED) is 0.501. The Bertz CT molecular complexity index is 994. The number of nitrogens with one attached hydrogen (secondary N) is 1. The fourth-order valence-corrected chi connectivity index (χ4v) is 3.04. The van der Waals surface area contributed by atoms with Gasteiger partial charge in [-0.15, -0.1) is 10.2 Å². The van der Waals surface area contributed by atoms with Crippen molar-refractivity contribution >= 4 is 46.6 Å². The molecule has 28 heavy (non-hydrogen) atoms. The zero-order chi connectivity index (χ0) is 20.3. The van der Waals surface area contributed by atoms with Gasteiger partial charge in [-0.25, -0.2) is 0 Å². The standard InChI is InChI=1S/C17H10Cl2F3N3O2S/c18-10-3-1-9(2-4-10)15-24-25-16(27-15)28-8-14(26)23-11-5-6-13(19)12(7-11)17(20,21)22/h1-7H,8H2,(H,23,26). The number of carbonyl (C=O) groups is 1. The van der Waals surface area contributed by atoms with Crippen molar-refractivity contribution in [2.24, 2.45) is 0 Å². The summed E-state index contributed by atoms with van der Waals surface area (Å²) in [6.07, 6.45) is -4.62. The topological polar surface area (TPSA) is 68.0 Å². The predicted octanol–water partition coefficient (Wildman–Crippen LogP) is 5.79. The lowest BCUT2D eigenvalue weighted by Gasteiger charge is -2.11. The van der Waals surface area contributed by atoms with Crippen LogP contribution in [0.25, 0.3) is 11.5 Å². The predicted molar refractivity (Wildman–Crippen MR) is 101 cm³/mol. The fraction of sp³-hybridized carbons (Fsp3) is 0.118. The first-order chi connectivity index (χ1) is 13.2. The second kappa shape index (κ2) is 8.42. The van der Waals surface area contributed by atoms with Crippen LogP contribution in [0.2, 0.25) is 10.0 Å². The molecule has 0 atom stereocenters. The minimum absolute atomic E-state index is 0.0188. The van der Waals surface area contributed by atoms with Crippen LogP contribution in [0.3, 0.4) is 0 Å². The summed E-state index contributed by atoms with van der Waals surface area (Å²) in [7, 11) is 0. The summed E-state index contributed by atoms with van der Waals surface area (Å²) in [4.78, 5) is 12.0. The van der Waals surface area contributed by atoms with Crippen molar-refractivity contribution in [1.82, 2.24) is 10.2 Å². The molecule has 0 saturated carbocycles. The molecule has 0 spiro atoms. The summed E-state index contributed by atoms with van der Waals surface area (Å²) in [5.41, 5.74) is -0.382. The second-order valence-electron chi connectivity index (χ2n) is 5.41. The maximum Gasteiger partial charge on any atom is 0.417 e. The van der Waals surface area contributed by atoms with Gasteiger partial charge in [-0.1, -0.05) is 35.0 Å².